The SMILES string of the molecule is O=S(=O)(O)c1ccccc1.[BeH2]. The molecule has 0 saturated heterocycles. The van der Waals surface area contributed by atoms with Crippen LogP contribution in [0, 0.1) is 0 Å². The van der Waals surface area contributed by atoms with E-state index in [9.17, 15) is 8.42 Å². The standard InChI is InChI=1S/C6H6O3S.Be.2H/c7-10(8,9)6-4-2-1-3-5-6;;;/h1-5H,(H,7,8,9);;;. The molecule has 1 aromatic carbocycles. The summed E-state index contributed by atoms with van der Waals surface area (Å²) >= 11 is 0. The molecular formula is C6H8BeO3S. The Morgan fingerprint density at radius 2 is 1.55 bits per heavy atom. The molecule has 0 aromatic heterocycles. The zero-order valence-electron chi connectivity index (χ0n) is 5.06. The monoisotopic (exact) mass is 169 g/mol. The van der Waals surface area contributed by atoms with Gasteiger partial charge >= 0.3 is 10.1 Å². The van der Waals surface area contributed by atoms with E-state index in [2.05, 4.69) is 0 Å². The molecule has 1 aromatic rings. The van der Waals surface area contributed by atoms with Gasteiger partial charge in [0.05, 0.1) is 4.90 Å². The third-order valence-corrected chi connectivity index (χ3v) is 1.91. The maximum absolute atomic E-state index is 10.4. The van der Waals surface area contributed by atoms with E-state index in [0.717, 1.165) is 0 Å². The molecule has 3 nitrogen and oxygen atoms in total. The van der Waals surface area contributed by atoms with Crippen LogP contribution in [-0.2, 0) is 10.1 Å². The van der Waals surface area contributed by atoms with E-state index in [-0.39, 0.29) is 15.0 Å². The predicted molar refractivity (Wildman–Crippen MR) is 44.8 cm³/mol. The number of benzene rings is 1. The molecular weight excluding hydrogens is 161 g/mol. The Bertz CT molecular complexity index is 306. The van der Waals surface area contributed by atoms with Crippen molar-refractivity contribution < 1.29 is 13.0 Å². The van der Waals surface area contributed by atoms with Crippen LogP contribution in [0.15, 0.2) is 35.2 Å². The molecule has 0 aliphatic heterocycles. The second kappa shape index (κ2) is 3.62. The molecule has 1 N–H and O–H groups in total. The van der Waals surface area contributed by atoms with Crippen LogP contribution in [0.3, 0.4) is 0 Å². The van der Waals surface area contributed by atoms with Gasteiger partial charge in [0.25, 0.3) is 10.1 Å². The molecule has 0 saturated carbocycles. The zero-order chi connectivity index (χ0) is 7.61. The fourth-order valence-electron chi connectivity index (χ4n) is 0.592. The van der Waals surface area contributed by atoms with Gasteiger partial charge in [0.15, 0.2) is 0 Å². The Morgan fingerprint density at radius 1 is 1.09 bits per heavy atom. The molecule has 1 rings (SSSR count). The van der Waals surface area contributed by atoms with Crippen LogP contribution in [-0.4, -0.2) is 23.1 Å². The molecule has 0 bridgehead atoms. The Kier molecular flexibility index (Phi) is 3.39. The van der Waals surface area contributed by atoms with Gasteiger partial charge in [0.2, 0.25) is 0 Å². The van der Waals surface area contributed by atoms with Crippen LogP contribution in [0.4, 0.5) is 0 Å². The van der Waals surface area contributed by atoms with Crippen LogP contribution in [0.2, 0.25) is 0 Å². The van der Waals surface area contributed by atoms with Gasteiger partial charge < -0.3 is 0 Å². The van der Waals surface area contributed by atoms with Crippen LogP contribution in [0.1, 0.15) is 0 Å². The third kappa shape index (κ3) is 2.80. The molecule has 0 spiro atoms. The molecule has 0 aliphatic rings. The minimum absolute atomic E-state index is 0. The summed E-state index contributed by atoms with van der Waals surface area (Å²) in [7, 11) is -4.00. The Balaban J connectivity index is 0.000001000. The summed E-state index contributed by atoms with van der Waals surface area (Å²) in [6.45, 7) is 0. The van der Waals surface area contributed by atoms with Gasteiger partial charge in [0, 0.05) is 0 Å². The van der Waals surface area contributed by atoms with Crippen molar-refractivity contribution >= 4 is 20.2 Å². The molecule has 0 aliphatic carbocycles. The fraction of sp³-hybridized carbons (Fsp3) is 0. The van der Waals surface area contributed by atoms with Crippen molar-refractivity contribution in [2.24, 2.45) is 0 Å². The molecule has 5 heteroatoms. The van der Waals surface area contributed by atoms with E-state index in [1.807, 2.05) is 0 Å². The van der Waals surface area contributed by atoms with Crippen LogP contribution in [0.25, 0.3) is 0 Å². The van der Waals surface area contributed by atoms with Crippen molar-refractivity contribution in [3.05, 3.63) is 30.3 Å². The molecule has 0 fully saturated rings. The Morgan fingerprint density at radius 3 is 1.82 bits per heavy atom. The van der Waals surface area contributed by atoms with E-state index in [0.29, 0.717) is 0 Å². The normalized spacial score (nSPS) is 10.3. The molecule has 0 amide bonds. The van der Waals surface area contributed by atoms with E-state index in [1.54, 1.807) is 18.2 Å². The van der Waals surface area contributed by atoms with Crippen LogP contribution < -0.4 is 0 Å². The van der Waals surface area contributed by atoms with E-state index >= 15 is 0 Å². The molecule has 0 atom stereocenters. The van der Waals surface area contributed by atoms with E-state index in [1.165, 1.54) is 12.1 Å². The van der Waals surface area contributed by atoms with Gasteiger partial charge in [-0.25, -0.2) is 0 Å². The molecule has 0 unspecified atom stereocenters. The van der Waals surface area contributed by atoms with Crippen LogP contribution >= 0.6 is 0 Å². The summed E-state index contributed by atoms with van der Waals surface area (Å²) in [6.07, 6.45) is 0. The fourth-order valence-corrected chi connectivity index (χ4v) is 1.09. The van der Waals surface area contributed by atoms with Gasteiger partial charge in [-0.15, -0.1) is 0 Å². The van der Waals surface area contributed by atoms with Crippen molar-refractivity contribution in [1.82, 2.24) is 0 Å². The van der Waals surface area contributed by atoms with Crippen molar-refractivity contribution in [2.45, 2.75) is 4.90 Å². The summed E-state index contributed by atoms with van der Waals surface area (Å²) in [5, 5.41) is 0. The summed E-state index contributed by atoms with van der Waals surface area (Å²) in [5.41, 5.74) is 0. The minimum atomic E-state index is -4.00. The zero-order valence-corrected chi connectivity index (χ0v) is 5.88. The average Bonchev–Trinajstić information content (AvgIpc) is 1.88. The second-order valence-electron chi connectivity index (χ2n) is 1.79. The van der Waals surface area contributed by atoms with Gasteiger partial charge in [-0.05, 0) is 12.1 Å². The summed E-state index contributed by atoms with van der Waals surface area (Å²) in [5.74, 6) is 0. The van der Waals surface area contributed by atoms with Crippen molar-refractivity contribution in [1.29, 1.82) is 0 Å². The van der Waals surface area contributed by atoms with E-state index in [4.69, 9.17) is 4.55 Å². The number of hydrogen-bond donors (Lipinski definition) is 1. The Labute approximate surface area is 69.0 Å². The van der Waals surface area contributed by atoms with Gasteiger partial charge in [-0.1, -0.05) is 18.2 Å². The van der Waals surface area contributed by atoms with Crippen molar-refractivity contribution in [3.8, 4) is 0 Å². The summed E-state index contributed by atoms with van der Waals surface area (Å²) in [4.78, 5) is -0.0741. The van der Waals surface area contributed by atoms with Crippen LogP contribution in [0.5, 0.6) is 0 Å². The molecule has 58 valence electrons. The summed E-state index contributed by atoms with van der Waals surface area (Å²) in [6, 6.07) is 7.42. The van der Waals surface area contributed by atoms with Gasteiger partial charge in [-0.3, -0.25) is 4.55 Å². The number of rotatable bonds is 1. The van der Waals surface area contributed by atoms with E-state index < -0.39 is 10.1 Å². The van der Waals surface area contributed by atoms with Crippen molar-refractivity contribution in [2.75, 3.05) is 0 Å². The first-order valence-corrected chi connectivity index (χ1v) is 4.07. The van der Waals surface area contributed by atoms with Gasteiger partial charge in [-0.2, -0.15) is 8.42 Å². The first kappa shape index (κ1) is 10.3. The topological polar surface area (TPSA) is 54.4 Å². The summed E-state index contributed by atoms with van der Waals surface area (Å²) < 4.78 is 29.2. The first-order chi connectivity index (χ1) is 4.61. The van der Waals surface area contributed by atoms with Crippen molar-refractivity contribution in [3.63, 3.8) is 0 Å². The van der Waals surface area contributed by atoms with Gasteiger partial charge in [0.1, 0.15) is 0 Å². The quantitative estimate of drug-likeness (QED) is 0.476. The maximum atomic E-state index is 10.4. The second-order valence-corrected chi connectivity index (χ2v) is 3.21. The number of hydrogen-bond acceptors (Lipinski definition) is 2. The molecule has 0 heterocycles. The molecule has 0 radical (unpaired) electrons. The Hall–Kier alpha value is -0.701. The molecule has 11 heavy (non-hydrogen) atoms. The predicted octanol–water partition coefficient (Wildman–Crippen LogP) is 0.0171. The third-order valence-electron chi connectivity index (χ3n) is 1.04. The first-order valence-electron chi connectivity index (χ1n) is 2.63. The average molecular weight is 169 g/mol.